The summed E-state index contributed by atoms with van der Waals surface area (Å²) in [5, 5.41) is 5.07. The van der Waals surface area contributed by atoms with Crippen molar-refractivity contribution in [3.8, 4) is 0 Å². The molecule has 0 spiro atoms. The van der Waals surface area contributed by atoms with Gasteiger partial charge in [0.1, 0.15) is 0 Å². The quantitative estimate of drug-likeness (QED) is 0.850. The highest BCUT2D eigenvalue weighted by Crippen LogP contribution is 2.22. The number of carbonyl (C=O) groups is 1. The molecule has 1 aromatic heterocycles. The predicted octanol–water partition coefficient (Wildman–Crippen LogP) is 3.08. The molecule has 16 heavy (non-hydrogen) atoms. The van der Waals surface area contributed by atoms with Crippen molar-refractivity contribution in [1.29, 1.82) is 0 Å². The Balaban J connectivity index is 2.66. The van der Waals surface area contributed by atoms with Crippen molar-refractivity contribution in [2.45, 2.75) is 19.9 Å². The van der Waals surface area contributed by atoms with E-state index in [4.69, 9.17) is 0 Å². The Bertz CT molecular complexity index is 534. The van der Waals surface area contributed by atoms with Crippen LogP contribution in [0.2, 0.25) is 0 Å². The Morgan fingerprint density at radius 2 is 2.25 bits per heavy atom. The third kappa shape index (κ3) is 1.71. The van der Waals surface area contributed by atoms with Crippen LogP contribution in [-0.2, 0) is 3.83 Å². The molecular formula is C11H11BrN2O2. The summed E-state index contributed by atoms with van der Waals surface area (Å²) in [6.07, 6.45) is 1.69. The van der Waals surface area contributed by atoms with Crippen LogP contribution in [0.15, 0.2) is 24.4 Å². The maximum atomic E-state index is 11.5. The van der Waals surface area contributed by atoms with Crippen molar-refractivity contribution in [3.63, 3.8) is 0 Å². The molecular weight excluding hydrogens is 272 g/mol. The highest BCUT2D eigenvalue weighted by atomic mass is 79.9. The number of hydrogen-bond acceptors (Lipinski definition) is 3. The van der Waals surface area contributed by atoms with Crippen molar-refractivity contribution in [1.82, 2.24) is 9.78 Å². The first-order chi connectivity index (χ1) is 7.65. The minimum absolute atomic E-state index is 0.257. The normalized spacial score (nSPS) is 11.0. The van der Waals surface area contributed by atoms with Crippen LogP contribution in [-0.4, -0.2) is 15.7 Å². The third-order valence-electron chi connectivity index (χ3n) is 2.42. The average molecular weight is 283 g/mol. The molecule has 0 aliphatic heterocycles. The Morgan fingerprint density at radius 1 is 1.50 bits per heavy atom. The standard InChI is InChI=1S/C11H11BrN2O2/c1-7(2)14-10-5-3-4-8(11(15)16-12)9(10)6-13-14/h3-7H,1-2H3. The molecule has 0 fully saturated rings. The lowest BCUT2D eigenvalue weighted by molar-refractivity contribution is 0.0784. The third-order valence-corrected chi connectivity index (χ3v) is 2.71. The fourth-order valence-corrected chi connectivity index (χ4v) is 1.88. The fourth-order valence-electron chi connectivity index (χ4n) is 1.70. The van der Waals surface area contributed by atoms with Gasteiger partial charge in [-0.25, -0.2) is 4.79 Å². The van der Waals surface area contributed by atoms with Gasteiger partial charge in [0.05, 0.1) is 17.3 Å². The van der Waals surface area contributed by atoms with Gasteiger partial charge in [-0.05, 0) is 26.0 Å². The number of carbonyl (C=O) groups excluding carboxylic acids is 1. The summed E-state index contributed by atoms with van der Waals surface area (Å²) in [5.74, 6) is -0.408. The lowest BCUT2D eigenvalue weighted by Crippen LogP contribution is -2.02. The van der Waals surface area contributed by atoms with E-state index in [0.29, 0.717) is 5.56 Å². The number of benzene rings is 1. The molecule has 5 heteroatoms. The van der Waals surface area contributed by atoms with Crippen molar-refractivity contribution in [2.24, 2.45) is 0 Å². The zero-order valence-corrected chi connectivity index (χ0v) is 10.6. The van der Waals surface area contributed by atoms with Crippen molar-refractivity contribution in [3.05, 3.63) is 30.0 Å². The molecule has 1 heterocycles. The monoisotopic (exact) mass is 282 g/mol. The SMILES string of the molecule is CC(C)n1ncc2c(C(=O)OBr)cccc21. The van der Waals surface area contributed by atoms with Crippen molar-refractivity contribution < 1.29 is 8.62 Å². The number of nitrogens with zero attached hydrogens (tertiary/aromatic N) is 2. The van der Waals surface area contributed by atoms with Gasteiger partial charge in [0, 0.05) is 11.4 Å². The lowest BCUT2D eigenvalue weighted by Gasteiger charge is -2.07. The molecule has 2 aromatic rings. The zero-order chi connectivity index (χ0) is 11.7. The van der Waals surface area contributed by atoms with E-state index < -0.39 is 5.97 Å². The van der Waals surface area contributed by atoms with E-state index in [1.807, 2.05) is 30.7 Å². The van der Waals surface area contributed by atoms with Crippen LogP contribution >= 0.6 is 16.3 Å². The molecule has 0 radical (unpaired) electrons. The van der Waals surface area contributed by atoms with Crippen LogP contribution in [0.25, 0.3) is 10.9 Å². The maximum Gasteiger partial charge on any atom is 0.350 e. The molecule has 0 unspecified atom stereocenters. The summed E-state index contributed by atoms with van der Waals surface area (Å²) in [6.45, 7) is 4.09. The van der Waals surface area contributed by atoms with Gasteiger partial charge in [0.2, 0.25) is 0 Å². The van der Waals surface area contributed by atoms with Gasteiger partial charge in [0.15, 0.2) is 16.3 Å². The van der Waals surface area contributed by atoms with Gasteiger partial charge >= 0.3 is 5.97 Å². The van der Waals surface area contributed by atoms with E-state index in [1.165, 1.54) is 0 Å². The second-order valence-corrected chi connectivity index (χ2v) is 4.11. The molecule has 0 aliphatic rings. The molecule has 0 saturated heterocycles. The highest BCUT2D eigenvalue weighted by molar-refractivity contribution is 9.06. The summed E-state index contributed by atoms with van der Waals surface area (Å²) >= 11 is 2.70. The van der Waals surface area contributed by atoms with Crippen LogP contribution < -0.4 is 0 Å². The maximum absolute atomic E-state index is 11.5. The van der Waals surface area contributed by atoms with Gasteiger partial charge in [-0.1, -0.05) is 6.07 Å². The molecule has 0 N–H and O–H groups in total. The molecule has 0 saturated carbocycles. The number of aromatic nitrogens is 2. The second kappa shape index (κ2) is 4.25. The van der Waals surface area contributed by atoms with Gasteiger partial charge in [-0.2, -0.15) is 5.10 Å². The Morgan fingerprint density at radius 3 is 2.88 bits per heavy atom. The average Bonchev–Trinajstić information content (AvgIpc) is 2.71. The highest BCUT2D eigenvalue weighted by Gasteiger charge is 2.14. The number of fused-ring (bicyclic) bond motifs is 1. The molecule has 0 atom stereocenters. The molecule has 4 nitrogen and oxygen atoms in total. The van der Waals surface area contributed by atoms with Crippen molar-refractivity contribution in [2.75, 3.05) is 0 Å². The van der Waals surface area contributed by atoms with E-state index in [0.717, 1.165) is 10.9 Å². The van der Waals surface area contributed by atoms with Gasteiger partial charge in [-0.15, -0.1) is 0 Å². The minimum Gasteiger partial charge on any atom is -0.380 e. The summed E-state index contributed by atoms with van der Waals surface area (Å²) in [6, 6.07) is 5.74. The molecule has 2 rings (SSSR count). The first-order valence-corrected chi connectivity index (χ1v) is 5.59. The van der Waals surface area contributed by atoms with E-state index in [2.05, 4.69) is 25.2 Å². The Labute approximate surface area is 102 Å². The molecule has 84 valence electrons. The lowest BCUT2D eigenvalue weighted by atomic mass is 10.1. The molecule has 0 bridgehead atoms. The van der Waals surface area contributed by atoms with Gasteiger partial charge < -0.3 is 3.83 Å². The first-order valence-electron chi connectivity index (χ1n) is 4.94. The second-order valence-electron chi connectivity index (χ2n) is 3.79. The minimum atomic E-state index is -0.408. The van der Waals surface area contributed by atoms with E-state index in [-0.39, 0.29) is 6.04 Å². The number of hydrogen-bond donors (Lipinski definition) is 0. The van der Waals surface area contributed by atoms with E-state index in [1.54, 1.807) is 12.3 Å². The van der Waals surface area contributed by atoms with Crippen molar-refractivity contribution >= 4 is 33.1 Å². The summed E-state index contributed by atoms with van der Waals surface area (Å²) < 4.78 is 6.43. The largest absolute Gasteiger partial charge is 0.380 e. The van der Waals surface area contributed by atoms with E-state index in [9.17, 15) is 4.79 Å². The molecule has 0 amide bonds. The summed E-state index contributed by atoms with van der Waals surface area (Å²) in [4.78, 5) is 11.5. The van der Waals surface area contributed by atoms with Gasteiger partial charge in [0.25, 0.3) is 0 Å². The van der Waals surface area contributed by atoms with Crippen LogP contribution in [0.1, 0.15) is 30.2 Å². The van der Waals surface area contributed by atoms with Crippen LogP contribution in [0.4, 0.5) is 0 Å². The van der Waals surface area contributed by atoms with Gasteiger partial charge in [-0.3, -0.25) is 4.68 Å². The fraction of sp³-hybridized carbons (Fsp3) is 0.273. The number of rotatable bonds is 2. The number of halogens is 1. The summed E-state index contributed by atoms with van der Waals surface area (Å²) in [5.41, 5.74) is 1.45. The zero-order valence-electron chi connectivity index (χ0n) is 8.98. The van der Waals surface area contributed by atoms with Crippen LogP contribution in [0.3, 0.4) is 0 Å². The predicted molar refractivity (Wildman–Crippen MR) is 64.5 cm³/mol. The molecule has 1 aromatic carbocycles. The first kappa shape index (κ1) is 11.1. The van der Waals surface area contributed by atoms with Crippen LogP contribution in [0.5, 0.6) is 0 Å². The van der Waals surface area contributed by atoms with Crippen LogP contribution in [0, 0.1) is 0 Å². The smallest absolute Gasteiger partial charge is 0.350 e. The summed E-state index contributed by atoms with van der Waals surface area (Å²) in [7, 11) is 0. The van der Waals surface area contributed by atoms with E-state index >= 15 is 0 Å². The topological polar surface area (TPSA) is 44.1 Å². The molecule has 0 aliphatic carbocycles. The Kier molecular flexibility index (Phi) is 2.96. The Hall–Kier alpha value is -1.36.